The Kier molecular flexibility index (Phi) is 8.40. The Labute approximate surface area is 211 Å². The molecule has 5 heteroatoms. The van der Waals surface area contributed by atoms with Crippen molar-refractivity contribution in [3.8, 4) is 11.3 Å². The van der Waals surface area contributed by atoms with E-state index in [9.17, 15) is 0 Å². The second-order valence-corrected chi connectivity index (χ2v) is 10.0. The predicted molar refractivity (Wildman–Crippen MR) is 148 cm³/mol. The van der Waals surface area contributed by atoms with Gasteiger partial charge in [0.1, 0.15) is 5.82 Å². The molecule has 0 radical (unpaired) electrons. The van der Waals surface area contributed by atoms with E-state index in [1.165, 1.54) is 12.0 Å². The molecule has 4 rings (SSSR count). The Bertz CT molecular complexity index is 1080. The lowest BCUT2D eigenvalue weighted by Gasteiger charge is -2.35. The Morgan fingerprint density at radius 2 is 1.77 bits per heavy atom. The van der Waals surface area contributed by atoms with Gasteiger partial charge in [0.15, 0.2) is 5.82 Å². The summed E-state index contributed by atoms with van der Waals surface area (Å²) in [6, 6.07) is 11.0. The van der Waals surface area contributed by atoms with Crippen LogP contribution in [0.3, 0.4) is 0 Å². The van der Waals surface area contributed by atoms with E-state index in [0.717, 1.165) is 91.7 Å². The van der Waals surface area contributed by atoms with E-state index in [2.05, 4.69) is 79.1 Å². The van der Waals surface area contributed by atoms with Gasteiger partial charge in [0.25, 0.3) is 0 Å². The second kappa shape index (κ2) is 11.7. The van der Waals surface area contributed by atoms with E-state index in [-0.39, 0.29) is 0 Å². The van der Waals surface area contributed by atoms with Crippen molar-refractivity contribution in [2.45, 2.75) is 53.4 Å². The molecule has 1 aromatic carbocycles. The maximum atomic E-state index is 6.46. The van der Waals surface area contributed by atoms with Crippen LogP contribution in [-0.2, 0) is 6.42 Å². The van der Waals surface area contributed by atoms with Gasteiger partial charge in [-0.1, -0.05) is 69.7 Å². The molecule has 1 atom stereocenters. The zero-order valence-electron chi connectivity index (χ0n) is 21.9. The van der Waals surface area contributed by atoms with Crippen LogP contribution in [0.25, 0.3) is 16.8 Å². The van der Waals surface area contributed by atoms with Crippen molar-refractivity contribution >= 4 is 11.4 Å². The Hall–Kier alpha value is -2.92. The van der Waals surface area contributed by atoms with Gasteiger partial charge in [0, 0.05) is 49.1 Å². The molecule has 1 aliphatic carbocycles. The van der Waals surface area contributed by atoms with E-state index < -0.39 is 0 Å². The molecule has 1 unspecified atom stereocenters. The molecule has 0 bridgehead atoms. The highest BCUT2D eigenvalue weighted by Crippen LogP contribution is 2.32. The SMILES string of the molecule is CCCc1ccc(-c2cc(N3CCN(CCC)CC3)nc(/C(C3=CCC(C)C=C3)=C(/C)N)n2)cc1. The highest BCUT2D eigenvalue weighted by molar-refractivity contribution is 5.82. The van der Waals surface area contributed by atoms with Gasteiger partial charge in [-0.05, 0) is 49.8 Å². The first-order chi connectivity index (χ1) is 17.0. The molecule has 1 aromatic heterocycles. The molecule has 2 aromatic rings. The van der Waals surface area contributed by atoms with Gasteiger partial charge in [-0.2, -0.15) is 0 Å². The Morgan fingerprint density at radius 1 is 1.03 bits per heavy atom. The van der Waals surface area contributed by atoms with Crippen LogP contribution in [0.5, 0.6) is 0 Å². The molecule has 2 heterocycles. The third kappa shape index (κ3) is 6.21. The summed E-state index contributed by atoms with van der Waals surface area (Å²) in [7, 11) is 0. The van der Waals surface area contributed by atoms with Crippen LogP contribution in [0.15, 0.2) is 59.8 Å². The summed E-state index contributed by atoms with van der Waals surface area (Å²) < 4.78 is 0. The van der Waals surface area contributed by atoms with E-state index >= 15 is 0 Å². The molecule has 0 saturated carbocycles. The Balaban J connectivity index is 1.74. The lowest BCUT2D eigenvalue weighted by Crippen LogP contribution is -2.46. The Morgan fingerprint density at radius 3 is 2.37 bits per heavy atom. The van der Waals surface area contributed by atoms with Gasteiger partial charge in [-0.15, -0.1) is 0 Å². The average molecular weight is 472 g/mol. The number of nitrogens with zero attached hydrogens (tertiary/aromatic N) is 4. The molecular weight excluding hydrogens is 430 g/mol. The predicted octanol–water partition coefficient (Wildman–Crippen LogP) is 5.84. The smallest absolute Gasteiger partial charge is 0.164 e. The third-order valence-electron chi connectivity index (χ3n) is 6.96. The highest BCUT2D eigenvalue weighted by atomic mass is 15.3. The number of rotatable bonds is 8. The lowest BCUT2D eigenvalue weighted by molar-refractivity contribution is 0.258. The van der Waals surface area contributed by atoms with Crippen molar-refractivity contribution in [3.05, 3.63) is 71.2 Å². The number of nitrogens with two attached hydrogens (primary N) is 1. The molecule has 0 spiro atoms. The average Bonchev–Trinajstić information content (AvgIpc) is 2.86. The molecule has 1 aliphatic heterocycles. The number of hydrogen-bond acceptors (Lipinski definition) is 5. The first kappa shape index (κ1) is 25.2. The lowest BCUT2D eigenvalue weighted by atomic mass is 9.92. The third-order valence-corrected chi connectivity index (χ3v) is 6.96. The van der Waals surface area contributed by atoms with Crippen molar-refractivity contribution in [2.75, 3.05) is 37.6 Å². The number of benzene rings is 1. The maximum Gasteiger partial charge on any atom is 0.164 e. The van der Waals surface area contributed by atoms with E-state index in [4.69, 9.17) is 15.7 Å². The molecule has 186 valence electrons. The molecule has 1 saturated heterocycles. The first-order valence-corrected chi connectivity index (χ1v) is 13.3. The monoisotopic (exact) mass is 471 g/mol. The summed E-state index contributed by atoms with van der Waals surface area (Å²) in [6.45, 7) is 13.9. The molecule has 2 N–H and O–H groups in total. The van der Waals surface area contributed by atoms with Crippen LogP contribution in [0.1, 0.15) is 58.3 Å². The summed E-state index contributed by atoms with van der Waals surface area (Å²) in [5, 5.41) is 0. The normalized spacial score (nSPS) is 19.5. The molecule has 1 fully saturated rings. The van der Waals surface area contributed by atoms with Crippen LogP contribution < -0.4 is 10.6 Å². The standard InChI is InChI=1S/C30H41N5/c1-5-7-24-10-14-25(15-11-24)27-21-28(35-19-17-34(16-6-2)18-20-35)33-30(32-27)29(23(4)31)26-12-8-22(3)9-13-26/h8,10-15,21-22H,5-7,9,16-20,31H2,1-4H3/b29-23-. The second-order valence-electron chi connectivity index (χ2n) is 10.0. The number of anilines is 1. The van der Waals surface area contributed by atoms with Crippen molar-refractivity contribution in [1.82, 2.24) is 14.9 Å². The van der Waals surface area contributed by atoms with Gasteiger partial charge < -0.3 is 10.6 Å². The van der Waals surface area contributed by atoms with Crippen LogP contribution in [0.4, 0.5) is 5.82 Å². The zero-order chi connectivity index (χ0) is 24.8. The summed E-state index contributed by atoms with van der Waals surface area (Å²) in [4.78, 5) is 15.1. The molecule has 5 nitrogen and oxygen atoms in total. The van der Waals surface area contributed by atoms with Crippen molar-refractivity contribution in [3.63, 3.8) is 0 Å². The minimum atomic E-state index is 0.543. The molecule has 35 heavy (non-hydrogen) atoms. The van der Waals surface area contributed by atoms with Gasteiger partial charge >= 0.3 is 0 Å². The van der Waals surface area contributed by atoms with E-state index in [0.29, 0.717) is 5.92 Å². The van der Waals surface area contributed by atoms with Crippen LogP contribution in [0.2, 0.25) is 0 Å². The number of aromatic nitrogens is 2. The zero-order valence-corrected chi connectivity index (χ0v) is 21.9. The van der Waals surface area contributed by atoms with Crippen molar-refractivity contribution in [1.29, 1.82) is 0 Å². The number of piperazine rings is 1. The fraction of sp³-hybridized carbons (Fsp3) is 0.467. The van der Waals surface area contributed by atoms with Gasteiger partial charge in [-0.25, -0.2) is 9.97 Å². The number of aryl methyl sites for hydroxylation is 1. The highest BCUT2D eigenvalue weighted by Gasteiger charge is 2.22. The quantitative estimate of drug-likeness (QED) is 0.524. The number of allylic oxidation sites excluding steroid dienone is 6. The van der Waals surface area contributed by atoms with Gasteiger partial charge in [0.2, 0.25) is 0 Å². The molecular formula is C30H41N5. The van der Waals surface area contributed by atoms with Crippen molar-refractivity contribution in [2.24, 2.45) is 11.7 Å². The van der Waals surface area contributed by atoms with E-state index in [1.807, 2.05) is 6.92 Å². The fourth-order valence-electron chi connectivity index (χ4n) is 4.95. The first-order valence-electron chi connectivity index (χ1n) is 13.3. The number of hydrogen-bond donors (Lipinski definition) is 1. The minimum Gasteiger partial charge on any atom is -0.402 e. The van der Waals surface area contributed by atoms with Crippen molar-refractivity contribution < 1.29 is 0 Å². The summed E-state index contributed by atoms with van der Waals surface area (Å²) in [6.07, 6.45) is 11.2. The van der Waals surface area contributed by atoms with Crippen LogP contribution in [-0.4, -0.2) is 47.6 Å². The summed E-state index contributed by atoms with van der Waals surface area (Å²) >= 11 is 0. The summed E-state index contributed by atoms with van der Waals surface area (Å²) in [5.41, 5.74) is 12.7. The van der Waals surface area contributed by atoms with Crippen LogP contribution in [0, 0.1) is 5.92 Å². The van der Waals surface area contributed by atoms with Gasteiger partial charge in [0.05, 0.1) is 5.69 Å². The largest absolute Gasteiger partial charge is 0.402 e. The molecule has 0 amide bonds. The van der Waals surface area contributed by atoms with Gasteiger partial charge in [-0.3, -0.25) is 4.90 Å². The minimum absolute atomic E-state index is 0.543. The maximum absolute atomic E-state index is 6.46. The van der Waals surface area contributed by atoms with Crippen LogP contribution >= 0.6 is 0 Å². The topological polar surface area (TPSA) is 58.3 Å². The van der Waals surface area contributed by atoms with E-state index in [1.54, 1.807) is 0 Å². The fourth-order valence-corrected chi connectivity index (χ4v) is 4.95. The molecule has 2 aliphatic rings. The summed E-state index contributed by atoms with van der Waals surface area (Å²) in [5.74, 6) is 2.25.